The van der Waals surface area contributed by atoms with E-state index in [0.29, 0.717) is 17.3 Å². The topological polar surface area (TPSA) is 78.9 Å². The van der Waals surface area contributed by atoms with Crippen LogP contribution in [0.1, 0.15) is 33.7 Å². The monoisotopic (exact) mass is 261 g/mol. The van der Waals surface area contributed by atoms with Gasteiger partial charge in [-0.15, -0.1) is 10.2 Å². The van der Waals surface area contributed by atoms with Gasteiger partial charge in [0, 0.05) is 17.3 Å². The zero-order valence-electron chi connectivity index (χ0n) is 11.7. The van der Waals surface area contributed by atoms with Gasteiger partial charge in [0.25, 0.3) is 0 Å². The molecule has 0 bridgehead atoms. The number of nitrogens with zero attached hydrogens (tertiary/aromatic N) is 4. The van der Waals surface area contributed by atoms with Gasteiger partial charge in [0.2, 0.25) is 5.82 Å². The molecule has 19 heavy (non-hydrogen) atoms. The summed E-state index contributed by atoms with van der Waals surface area (Å²) in [6.45, 7) is 7.93. The van der Waals surface area contributed by atoms with Crippen molar-refractivity contribution in [2.45, 2.75) is 39.8 Å². The van der Waals surface area contributed by atoms with Crippen molar-refractivity contribution < 1.29 is 4.74 Å². The van der Waals surface area contributed by atoms with Crippen LogP contribution in [-0.2, 0) is 0 Å². The molecule has 0 unspecified atom stereocenters. The lowest BCUT2D eigenvalue weighted by Gasteiger charge is -2.11. The SMILES string of the molecule is CC(C)Oc1cc(N)cc(-c2nnn(C(C)C)n2)c1. The van der Waals surface area contributed by atoms with Gasteiger partial charge in [-0.3, -0.25) is 0 Å². The van der Waals surface area contributed by atoms with Gasteiger partial charge in [0.05, 0.1) is 12.1 Å². The molecule has 0 amide bonds. The Labute approximate surface area is 112 Å². The molecule has 0 aliphatic carbocycles. The third kappa shape index (κ3) is 3.21. The van der Waals surface area contributed by atoms with Gasteiger partial charge in [0.1, 0.15) is 5.75 Å². The normalized spacial score (nSPS) is 11.3. The summed E-state index contributed by atoms with van der Waals surface area (Å²) in [4.78, 5) is 1.57. The van der Waals surface area contributed by atoms with Crippen molar-refractivity contribution in [1.82, 2.24) is 20.2 Å². The summed E-state index contributed by atoms with van der Waals surface area (Å²) >= 11 is 0. The number of ether oxygens (including phenoxy) is 1. The van der Waals surface area contributed by atoms with Crippen molar-refractivity contribution in [3.63, 3.8) is 0 Å². The van der Waals surface area contributed by atoms with Crippen LogP contribution in [0.15, 0.2) is 18.2 Å². The number of rotatable bonds is 4. The van der Waals surface area contributed by atoms with Gasteiger partial charge >= 0.3 is 0 Å². The van der Waals surface area contributed by atoms with Gasteiger partial charge in [-0.1, -0.05) is 0 Å². The van der Waals surface area contributed by atoms with Gasteiger partial charge in [-0.2, -0.15) is 4.80 Å². The highest BCUT2D eigenvalue weighted by Gasteiger charge is 2.10. The molecule has 0 atom stereocenters. The van der Waals surface area contributed by atoms with Gasteiger partial charge < -0.3 is 10.5 Å². The Bertz CT molecular complexity index is 562. The van der Waals surface area contributed by atoms with Crippen LogP contribution in [0.4, 0.5) is 5.69 Å². The Kier molecular flexibility index (Phi) is 3.69. The second-order valence-corrected chi connectivity index (χ2v) is 4.98. The number of nitrogens with two attached hydrogens (primary N) is 1. The molecule has 6 heteroatoms. The van der Waals surface area contributed by atoms with Crippen molar-refractivity contribution >= 4 is 5.69 Å². The van der Waals surface area contributed by atoms with Crippen LogP contribution in [0.3, 0.4) is 0 Å². The Balaban J connectivity index is 2.35. The molecule has 102 valence electrons. The molecule has 0 spiro atoms. The predicted molar refractivity (Wildman–Crippen MR) is 73.8 cm³/mol. The van der Waals surface area contributed by atoms with E-state index in [-0.39, 0.29) is 12.1 Å². The maximum Gasteiger partial charge on any atom is 0.205 e. The van der Waals surface area contributed by atoms with Crippen molar-refractivity contribution in [3.05, 3.63) is 18.2 Å². The highest BCUT2D eigenvalue weighted by Crippen LogP contribution is 2.25. The van der Waals surface area contributed by atoms with E-state index in [1.165, 1.54) is 0 Å². The first-order valence-electron chi connectivity index (χ1n) is 6.33. The van der Waals surface area contributed by atoms with E-state index in [0.717, 1.165) is 5.56 Å². The molecule has 1 heterocycles. The molecule has 0 aliphatic heterocycles. The van der Waals surface area contributed by atoms with Crippen LogP contribution >= 0.6 is 0 Å². The van der Waals surface area contributed by atoms with Crippen molar-refractivity contribution in [2.24, 2.45) is 0 Å². The second-order valence-electron chi connectivity index (χ2n) is 4.98. The first-order valence-corrected chi connectivity index (χ1v) is 6.33. The Morgan fingerprint density at radius 1 is 1.16 bits per heavy atom. The van der Waals surface area contributed by atoms with E-state index in [2.05, 4.69) is 15.4 Å². The lowest BCUT2D eigenvalue weighted by atomic mass is 10.2. The molecule has 0 fully saturated rings. The van der Waals surface area contributed by atoms with E-state index >= 15 is 0 Å². The highest BCUT2D eigenvalue weighted by molar-refractivity contribution is 5.63. The first-order chi connectivity index (χ1) is 8.95. The van der Waals surface area contributed by atoms with Crippen LogP contribution in [0, 0.1) is 0 Å². The maximum atomic E-state index is 5.88. The lowest BCUT2D eigenvalue weighted by molar-refractivity contribution is 0.242. The number of nitrogen functional groups attached to an aromatic ring is 1. The summed E-state index contributed by atoms with van der Waals surface area (Å²) in [7, 11) is 0. The van der Waals surface area contributed by atoms with E-state index in [1.807, 2.05) is 39.8 Å². The van der Waals surface area contributed by atoms with Crippen LogP contribution in [0.2, 0.25) is 0 Å². The molecular weight excluding hydrogens is 242 g/mol. The molecular formula is C13H19N5O. The molecule has 6 nitrogen and oxygen atoms in total. The fourth-order valence-corrected chi connectivity index (χ4v) is 1.65. The zero-order chi connectivity index (χ0) is 14.0. The molecule has 2 rings (SSSR count). The van der Waals surface area contributed by atoms with E-state index in [1.54, 1.807) is 10.9 Å². The molecule has 1 aromatic carbocycles. The second kappa shape index (κ2) is 5.26. The quantitative estimate of drug-likeness (QED) is 0.854. The summed E-state index contributed by atoms with van der Waals surface area (Å²) in [5.41, 5.74) is 7.30. The van der Waals surface area contributed by atoms with Crippen molar-refractivity contribution in [3.8, 4) is 17.1 Å². The van der Waals surface area contributed by atoms with Crippen molar-refractivity contribution in [2.75, 3.05) is 5.73 Å². The number of hydrogen-bond donors (Lipinski definition) is 1. The minimum absolute atomic E-state index is 0.0916. The largest absolute Gasteiger partial charge is 0.491 e. The van der Waals surface area contributed by atoms with Gasteiger partial charge in [0.15, 0.2) is 0 Å². The zero-order valence-corrected chi connectivity index (χ0v) is 11.7. The molecule has 2 aromatic rings. The molecule has 1 aromatic heterocycles. The van der Waals surface area contributed by atoms with Crippen molar-refractivity contribution in [1.29, 1.82) is 0 Å². The number of aromatic nitrogens is 4. The van der Waals surface area contributed by atoms with Gasteiger partial charge in [-0.25, -0.2) is 0 Å². The fourth-order valence-electron chi connectivity index (χ4n) is 1.65. The van der Waals surface area contributed by atoms with Crippen LogP contribution in [0.25, 0.3) is 11.4 Å². The first kappa shape index (κ1) is 13.3. The number of benzene rings is 1. The highest BCUT2D eigenvalue weighted by atomic mass is 16.5. The fraction of sp³-hybridized carbons (Fsp3) is 0.462. The summed E-state index contributed by atoms with van der Waals surface area (Å²) in [6, 6.07) is 5.65. The summed E-state index contributed by atoms with van der Waals surface area (Å²) in [6.07, 6.45) is 0.0916. The number of tetrazole rings is 1. The Hall–Kier alpha value is -2.11. The average molecular weight is 261 g/mol. The average Bonchev–Trinajstić information content (AvgIpc) is 2.76. The van der Waals surface area contributed by atoms with Gasteiger partial charge in [-0.05, 0) is 45.0 Å². The number of hydrogen-bond acceptors (Lipinski definition) is 5. The van der Waals surface area contributed by atoms with Crippen LogP contribution < -0.4 is 10.5 Å². The third-order valence-electron chi connectivity index (χ3n) is 2.45. The van der Waals surface area contributed by atoms with E-state index < -0.39 is 0 Å². The lowest BCUT2D eigenvalue weighted by Crippen LogP contribution is -2.06. The minimum atomic E-state index is 0.0916. The summed E-state index contributed by atoms with van der Waals surface area (Å²) < 4.78 is 5.65. The summed E-state index contributed by atoms with van der Waals surface area (Å²) in [5, 5.41) is 12.4. The molecule has 0 aliphatic rings. The molecule has 2 N–H and O–H groups in total. The molecule has 0 saturated heterocycles. The number of anilines is 1. The van der Waals surface area contributed by atoms with E-state index in [4.69, 9.17) is 10.5 Å². The minimum Gasteiger partial charge on any atom is -0.491 e. The third-order valence-corrected chi connectivity index (χ3v) is 2.45. The Morgan fingerprint density at radius 2 is 1.89 bits per heavy atom. The van der Waals surface area contributed by atoms with Crippen LogP contribution in [-0.4, -0.2) is 26.3 Å². The van der Waals surface area contributed by atoms with E-state index in [9.17, 15) is 0 Å². The molecule has 0 radical (unpaired) electrons. The maximum absolute atomic E-state index is 5.88. The summed E-state index contributed by atoms with van der Waals surface area (Å²) in [5.74, 6) is 1.26. The smallest absolute Gasteiger partial charge is 0.205 e. The Morgan fingerprint density at radius 3 is 2.47 bits per heavy atom. The van der Waals surface area contributed by atoms with Crippen LogP contribution in [0.5, 0.6) is 5.75 Å². The standard InChI is InChI=1S/C13H19N5O/c1-8(2)18-16-13(15-17-18)10-5-11(14)7-12(6-10)19-9(3)4/h5-9H,14H2,1-4H3. The molecule has 0 saturated carbocycles. The predicted octanol–water partition coefficient (Wildman–Crippen LogP) is 2.29.